The zero-order valence-electron chi connectivity index (χ0n) is 13.6. The van der Waals surface area contributed by atoms with E-state index in [1.54, 1.807) is 19.1 Å². The second-order valence-corrected chi connectivity index (χ2v) is 6.69. The molecule has 0 bridgehead atoms. The number of aliphatic carboxylic acids is 1. The number of carboxylic acids is 1. The predicted molar refractivity (Wildman–Crippen MR) is 94.9 cm³/mol. The van der Waals surface area contributed by atoms with E-state index in [9.17, 15) is 19.5 Å². The van der Waals surface area contributed by atoms with Crippen molar-refractivity contribution >= 4 is 33.4 Å². The molecule has 0 aliphatic rings. The third kappa shape index (κ3) is 2.91. The molecule has 0 fully saturated rings. The van der Waals surface area contributed by atoms with E-state index in [0.717, 1.165) is 21.5 Å². The molecule has 1 aromatic carbocycles. The van der Waals surface area contributed by atoms with Crippen molar-refractivity contribution in [2.75, 3.05) is 0 Å². The summed E-state index contributed by atoms with van der Waals surface area (Å²) in [5.74, 6) is -1.54. The van der Waals surface area contributed by atoms with Gasteiger partial charge in [0.05, 0.1) is 10.3 Å². The van der Waals surface area contributed by atoms with Crippen LogP contribution in [0.2, 0.25) is 0 Å². The van der Waals surface area contributed by atoms with Gasteiger partial charge in [-0.2, -0.15) is 0 Å². The fourth-order valence-corrected chi connectivity index (χ4v) is 3.68. The Kier molecular flexibility index (Phi) is 4.13. The maximum atomic E-state index is 12.9. The van der Waals surface area contributed by atoms with Gasteiger partial charge in [0.1, 0.15) is 17.2 Å². The number of thiophene rings is 1. The standard InChI is InChI=1S/C17H15N3O4S/c1-8-3-5-10(6-4-8)15-19-16-12(9(2)13(25-16)14(18)23)17(24)20(15)7-11(21)22/h3-6H,7H2,1-2H3,(H2,18,23)(H,21,22). The number of aromatic nitrogens is 2. The highest BCUT2D eigenvalue weighted by atomic mass is 32.1. The zero-order chi connectivity index (χ0) is 18.3. The van der Waals surface area contributed by atoms with E-state index in [1.165, 1.54) is 0 Å². The van der Waals surface area contributed by atoms with Crippen molar-refractivity contribution in [3.8, 4) is 11.4 Å². The molecule has 0 saturated carbocycles. The number of carbonyl (C=O) groups excluding carboxylic acids is 1. The molecule has 8 heteroatoms. The SMILES string of the molecule is Cc1ccc(-c2nc3sc(C(N)=O)c(C)c3c(=O)n2CC(=O)O)cc1. The first-order chi connectivity index (χ1) is 11.8. The summed E-state index contributed by atoms with van der Waals surface area (Å²) in [6.07, 6.45) is 0. The highest BCUT2D eigenvalue weighted by Crippen LogP contribution is 2.29. The number of carbonyl (C=O) groups is 2. The Morgan fingerprint density at radius 3 is 2.44 bits per heavy atom. The van der Waals surface area contributed by atoms with Gasteiger partial charge in [0.25, 0.3) is 11.5 Å². The van der Waals surface area contributed by atoms with Crippen molar-refractivity contribution in [3.63, 3.8) is 0 Å². The molecule has 2 heterocycles. The third-order valence-corrected chi connectivity index (χ3v) is 5.08. The van der Waals surface area contributed by atoms with Crippen molar-refractivity contribution in [3.05, 3.63) is 50.6 Å². The number of aryl methyl sites for hydroxylation is 2. The monoisotopic (exact) mass is 357 g/mol. The highest BCUT2D eigenvalue weighted by molar-refractivity contribution is 7.20. The summed E-state index contributed by atoms with van der Waals surface area (Å²) in [5, 5.41) is 9.41. The molecule has 0 atom stereocenters. The van der Waals surface area contributed by atoms with Crippen LogP contribution in [-0.2, 0) is 11.3 Å². The minimum atomic E-state index is -1.15. The van der Waals surface area contributed by atoms with Gasteiger partial charge >= 0.3 is 5.97 Å². The van der Waals surface area contributed by atoms with Crippen LogP contribution in [0.4, 0.5) is 0 Å². The van der Waals surface area contributed by atoms with E-state index in [1.807, 2.05) is 19.1 Å². The van der Waals surface area contributed by atoms with Crippen molar-refractivity contribution in [1.29, 1.82) is 0 Å². The molecule has 3 rings (SSSR count). The molecule has 3 aromatic rings. The Bertz CT molecular complexity index is 1060. The lowest BCUT2D eigenvalue weighted by Crippen LogP contribution is -2.27. The van der Waals surface area contributed by atoms with Gasteiger partial charge < -0.3 is 10.8 Å². The van der Waals surface area contributed by atoms with Gasteiger partial charge in [-0.25, -0.2) is 4.98 Å². The lowest BCUT2D eigenvalue weighted by molar-refractivity contribution is -0.137. The predicted octanol–water partition coefficient (Wildman–Crippen LogP) is 1.93. The molecule has 1 amide bonds. The van der Waals surface area contributed by atoms with Crippen LogP contribution in [-0.4, -0.2) is 26.5 Å². The molecule has 3 N–H and O–H groups in total. The maximum Gasteiger partial charge on any atom is 0.323 e. The number of nitrogens with two attached hydrogens (primary N) is 1. The van der Waals surface area contributed by atoms with Crippen LogP contribution in [0.5, 0.6) is 0 Å². The molecule has 2 aromatic heterocycles. The van der Waals surface area contributed by atoms with Gasteiger partial charge in [-0.1, -0.05) is 29.8 Å². The quantitative estimate of drug-likeness (QED) is 0.740. The van der Waals surface area contributed by atoms with Crippen LogP contribution in [0.15, 0.2) is 29.1 Å². The number of hydrogen-bond donors (Lipinski definition) is 2. The van der Waals surface area contributed by atoms with Gasteiger partial charge in [-0.15, -0.1) is 11.3 Å². The van der Waals surface area contributed by atoms with E-state index in [4.69, 9.17) is 5.73 Å². The molecular formula is C17H15N3O4S. The Morgan fingerprint density at radius 1 is 1.24 bits per heavy atom. The molecule has 0 saturated heterocycles. The largest absolute Gasteiger partial charge is 0.480 e. The van der Waals surface area contributed by atoms with E-state index in [0.29, 0.717) is 16.0 Å². The van der Waals surface area contributed by atoms with Crippen LogP contribution in [0.3, 0.4) is 0 Å². The van der Waals surface area contributed by atoms with Crippen LogP contribution in [0, 0.1) is 13.8 Å². The zero-order valence-corrected chi connectivity index (χ0v) is 14.4. The van der Waals surface area contributed by atoms with Crippen molar-refractivity contribution < 1.29 is 14.7 Å². The minimum absolute atomic E-state index is 0.232. The Labute approximate surface area is 146 Å². The summed E-state index contributed by atoms with van der Waals surface area (Å²) in [7, 11) is 0. The fraction of sp³-hybridized carbons (Fsp3) is 0.176. The second-order valence-electron chi connectivity index (χ2n) is 5.69. The topological polar surface area (TPSA) is 115 Å². The molecule has 128 valence electrons. The van der Waals surface area contributed by atoms with Gasteiger partial charge in [0.2, 0.25) is 0 Å². The average Bonchev–Trinajstić information content (AvgIpc) is 2.88. The van der Waals surface area contributed by atoms with E-state index >= 15 is 0 Å². The van der Waals surface area contributed by atoms with Crippen molar-refractivity contribution in [2.45, 2.75) is 20.4 Å². The smallest absolute Gasteiger partial charge is 0.323 e. The average molecular weight is 357 g/mol. The molecule has 0 aliphatic carbocycles. The highest BCUT2D eigenvalue weighted by Gasteiger charge is 2.21. The van der Waals surface area contributed by atoms with Crippen LogP contribution >= 0.6 is 11.3 Å². The lowest BCUT2D eigenvalue weighted by Gasteiger charge is -2.11. The summed E-state index contributed by atoms with van der Waals surface area (Å²) in [4.78, 5) is 40.8. The molecule has 0 unspecified atom stereocenters. The number of carboxylic acid groups (broad SMARTS) is 1. The molecule has 0 aliphatic heterocycles. The number of hydrogen-bond acceptors (Lipinski definition) is 5. The van der Waals surface area contributed by atoms with Crippen LogP contribution < -0.4 is 11.3 Å². The number of benzene rings is 1. The first kappa shape index (κ1) is 16.8. The summed E-state index contributed by atoms with van der Waals surface area (Å²) >= 11 is 1.04. The third-order valence-electron chi connectivity index (χ3n) is 3.88. The number of primary amides is 1. The van der Waals surface area contributed by atoms with Gasteiger partial charge in [0, 0.05) is 5.56 Å². The van der Waals surface area contributed by atoms with E-state index in [2.05, 4.69) is 4.98 Å². The second kappa shape index (κ2) is 6.14. The van der Waals surface area contributed by atoms with Gasteiger partial charge in [0.15, 0.2) is 0 Å². The summed E-state index contributed by atoms with van der Waals surface area (Å²) < 4.78 is 1.11. The maximum absolute atomic E-state index is 12.9. The van der Waals surface area contributed by atoms with Gasteiger partial charge in [-0.05, 0) is 19.4 Å². The molecule has 0 spiro atoms. The Morgan fingerprint density at radius 2 is 1.88 bits per heavy atom. The normalized spacial score (nSPS) is 11.0. The lowest BCUT2D eigenvalue weighted by atomic mass is 10.1. The summed E-state index contributed by atoms with van der Waals surface area (Å²) in [6.45, 7) is 3.01. The Hall–Kier alpha value is -3.00. The van der Waals surface area contributed by atoms with E-state index in [-0.39, 0.29) is 16.1 Å². The van der Waals surface area contributed by atoms with Crippen molar-refractivity contribution in [1.82, 2.24) is 9.55 Å². The number of nitrogens with zero attached hydrogens (tertiary/aromatic N) is 2. The van der Waals surface area contributed by atoms with E-state index < -0.39 is 24.0 Å². The first-order valence-electron chi connectivity index (χ1n) is 7.42. The molecular weight excluding hydrogens is 342 g/mol. The summed E-state index contributed by atoms with van der Waals surface area (Å²) in [6, 6.07) is 7.25. The number of amides is 1. The minimum Gasteiger partial charge on any atom is -0.480 e. The molecule has 25 heavy (non-hydrogen) atoms. The van der Waals surface area contributed by atoms with Crippen LogP contribution in [0.1, 0.15) is 20.8 Å². The fourth-order valence-electron chi connectivity index (χ4n) is 2.66. The Balaban J connectivity index is 2.38. The van der Waals surface area contributed by atoms with Gasteiger partial charge in [-0.3, -0.25) is 19.0 Å². The first-order valence-corrected chi connectivity index (χ1v) is 8.23. The number of rotatable bonds is 4. The van der Waals surface area contributed by atoms with Crippen molar-refractivity contribution in [2.24, 2.45) is 5.73 Å². The number of fused-ring (bicyclic) bond motifs is 1. The molecule has 7 nitrogen and oxygen atoms in total. The molecule has 0 radical (unpaired) electrons. The summed E-state index contributed by atoms with van der Waals surface area (Å²) in [5.41, 5.74) is 6.94. The van der Waals surface area contributed by atoms with Crippen LogP contribution in [0.25, 0.3) is 21.6 Å².